The Balaban J connectivity index is 2.32. The second-order valence-electron chi connectivity index (χ2n) is 8.94. The van der Waals surface area contributed by atoms with Crippen molar-refractivity contribution in [1.29, 1.82) is 0 Å². The summed E-state index contributed by atoms with van der Waals surface area (Å²) in [5.74, 6) is 1.66. The third-order valence-electron chi connectivity index (χ3n) is 3.76. The van der Waals surface area contributed by atoms with Crippen LogP contribution in [0, 0.1) is 0 Å². The van der Waals surface area contributed by atoms with Crippen LogP contribution < -0.4 is 16.0 Å². The summed E-state index contributed by atoms with van der Waals surface area (Å²) < 4.78 is 2.01. The Hall–Kier alpha value is -2.13. The van der Waals surface area contributed by atoms with Crippen molar-refractivity contribution in [2.45, 2.75) is 58.8 Å². The molecule has 1 atom stereocenters. The third kappa shape index (κ3) is 5.67. The number of hydrogen-bond donors (Lipinski definition) is 4. The molecule has 0 aliphatic carbocycles. The number of rotatable bonds is 5. The molecule has 0 fully saturated rings. The van der Waals surface area contributed by atoms with Gasteiger partial charge in [-0.3, -0.25) is 4.57 Å². The molecule has 0 bridgehead atoms. The van der Waals surface area contributed by atoms with Crippen LogP contribution in [-0.4, -0.2) is 64.6 Å². The predicted molar refractivity (Wildman–Crippen MR) is 111 cm³/mol. The molecule has 1 unspecified atom stereocenters. The van der Waals surface area contributed by atoms with E-state index in [1.165, 1.54) is 0 Å². The number of nitrogens with one attached hydrogen (secondary N) is 3. The smallest absolute Gasteiger partial charge is 0.228 e. The molecule has 2 heterocycles. The summed E-state index contributed by atoms with van der Waals surface area (Å²) in [4.78, 5) is 15.3. The van der Waals surface area contributed by atoms with Crippen molar-refractivity contribution >= 4 is 24.1 Å². The topological polar surface area (TPSA) is 102 Å². The number of aliphatic imine (C=N–C) groups is 2. The van der Waals surface area contributed by atoms with Crippen LogP contribution in [0.1, 0.15) is 53.5 Å². The van der Waals surface area contributed by atoms with Gasteiger partial charge in [-0.2, -0.15) is 4.99 Å². The fraction of sp³-hybridized carbons (Fsp3) is 0.722. The number of aromatic nitrogens is 2. The molecule has 0 spiro atoms. The molecule has 1 aromatic heterocycles. The number of nitrogens with zero attached hydrogens (tertiary/aromatic N) is 5. The second-order valence-corrected chi connectivity index (χ2v) is 8.94. The van der Waals surface area contributed by atoms with E-state index in [-0.39, 0.29) is 11.1 Å². The van der Waals surface area contributed by atoms with E-state index in [9.17, 15) is 5.11 Å². The molecule has 1 aromatic rings. The fourth-order valence-corrected chi connectivity index (χ4v) is 2.64. The zero-order chi connectivity index (χ0) is 20.4. The van der Waals surface area contributed by atoms with Crippen LogP contribution in [0.25, 0.3) is 0 Å². The minimum atomic E-state index is -0.955. The molecule has 0 aromatic carbocycles. The normalized spacial score (nSPS) is 17.5. The number of aliphatic hydroxyl groups is 1. The van der Waals surface area contributed by atoms with Gasteiger partial charge in [0.25, 0.3) is 0 Å². The average molecular weight is 379 g/mol. The first kappa shape index (κ1) is 21.2. The number of fused-ring (bicyclic) bond motifs is 1. The minimum Gasteiger partial charge on any atom is -0.369 e. The van der Waals surface area contributed by atoms with E-state index < -0.39 is 6.23 Å². The van der Waals surface area contributed by atoms with Gasteiger partial charge in [0.15, 0.2) is 12.0 Å². The van der Waals surface area contributed by atoms with Crippen LogP contribution in [0.5, 0.6) is 0 Å². The lowest BCUT2D eigenvalue weighted by atomic mass is 10.1. The number of hydrogen-bond acceptors (Lipinski definition) is 7. The molecule has 9 heteroatoms. The van der Waals surface area contributed by atoms with Crippen molar-refractivity contribution in [2.75, 3.05) is 32.5 Å². The van der Waals surface area contributed by atoms with Crippen molar-refractivity contribution in [1.82, 2.24) is 25.1 Å². The van der Waals surface area contributed by atoms with Crippen molar-refractivity contribution < 1.29 is 5.11 Å². The molecule has 0 radical (unpaired) electrons. The van der Waals surface area contributed by atoms with Crippen LogP contribution in [0.3, 0.4) is 0 Å². The van der Waals surface area contributed by atoms with Crippen LogP contribution in [0.15, 0.2) is 9.98 Å². The van der Waals surface area contributed by atoms with E-state index >= 15 is 0 Å². The molecule has 152 valence electrons. The van der Waals surface area contributed by atoms with E-state index in [4.69, 9.17) is 0 Å². The van der Waals surface area contributed by atoms with Gasteiger partial charge in [0, 0.05) is 38.3 Å². The molecule has 0 saturated heterocycles. The number of imidazole rings is 1. The highest BCUT2D eigenvalue weighted by molar-refractivity contribution is 5.90. The summed E-state index contributed by atoms with van der Waals surface area (Å²) in [6.07, 6.45) is 0.683. The van der Waals surface area contributed by atoms with E-state index in [1.807, 2.05) is 23.6 Å². The summed E-state index contributed by atoms with van der Waals surface area (Å²) in [5, 5.41) is 20.2. The van der Waals surface area contributed by atoms with E-state index in [0.29, 0.717) is 30.0 Å². The lowest BCUT2D eigenvalue weighted by Crippen LogP contribution is -2.39. The Morgan fingerprint density at radius 3 is 2.44 bits per heavy atom. The van der Waals surface area contributed by atoms with Crippen LogP contribution in [0.2, 0.25) is 0 Å². The molecular formula is C18H34N8O. The van der Waals surface area contributed by atoms with Gasteiger partial charge in [-0.15, -0.1) is 0 Å². The Kier molecular flexibility index (Phi) is 6.16. The standard InChI is InChI=1S/C18H34N8O/c1-17(2,3)21-10-9-19-16-22-12-13(26(16)18(4,5)6)23-15(24-14(12)27)20-11-25(7)8/h11,14,21,27H,9-10H2,1-8H3,(H,19,22)(H,23,24)/b20-11+. The van der Waals surface area contributed by atoms with Gasteiger partial charge in [0.1, 0.15) is 5.69 Å². The molecule has 0 saturated carbocycles. The van der Waals surface area contributed by atoms with Gasteiger partial charge in [-0.05, 0) is 41.5 Å². The summed E-state index contributed by atoms with van der Waals surface area (Å²) in [7, 11) is 3.75. The first-order chi connectivity index (χ1) is 12.4. The predicted octanol–water partition coefficient (Wildman–Crippen LogP) is 1.61. The zero-order valence-corrected chi connectivity index (χ0v) is 17.8. The van der Waals surface area contributed by atoms with Gasteiger partial charge in [-0.1, -0.05) is 0 Å². The Morgan fingerprint density at radius 1 is 1.22 bits per heavy atom. The molecular weight excluding hydrogens is 344 g/mol. The van der Waals surface area contributed by atoms with Crippen molar-refractivity contribution in [3.63, 3.8) is 0 Å². The lowest BCUT2D eigenvalue weighted by Gasteiger charge is -2.27. The first-order valence-corrected chi connectivity index (χ1v) is 9.24. The van der Waals surface area contributed by atoms with Crippen LogP contribution in [-0.2, 0) is 5.54 Å². The SMILES string of the molecule is CN(C)/C=N/C1=Nc2c(nc(NCCNC(C)(C)C)n2C(C)(C)C)C(O)N1. The first-order valence-electron chi connectivity index (χ1n) is 9.24. The molecule has 27 heavy (non-hydrogen) atoms. The minimum absolute atomic E-state index is 0.0596. The molecule has 4 N–H and O–H groups in total. The number of guanidine groups is 1. The van der Waals surface area contributed by atoms with Crippen molar-refractivity contribution in [3.8, 4) is 0 Å². The van der Waals surface area contributed by atoms with Crippen LogP contribution in [0.4, 0.5) is 11.8 Å². The van der Waals surface area contributed by atoms with Crippen molar-refractivity contribution in [3.05, 3.63) is 5.69 Å². The Morgan fingerprint density at radius 2 is 1.89 bits per heavy atom. The molecule has 1 aliphatic rings. The maximum atomic E-state index is 10.5. The van der Waals surface area contributed by atoms with E-state index in [2.05, 4.69) is 72.5 Å². The number of anilines is 1. The van der Waals surface area contributed by atoms with Gasteiger partial charge in [0.05, 0.1) is 6.34 Å². The summed E-state index contributed by atoms with van der Waals surface area (Å²) >= 11 is 0. The summed E-state index contributed by atoms with van der Waals surface area (Å²) in [6.45, 7) is 14.2. The maximum absolute atomic E-state index is 10.5. The van der Waals surface area contributed by atoms with Gasteiger partial charge in [0.2, 0.25) is 11.9 Å². The highest BCUT2D eigenvalue weighted by Crippen LogP contribution is 2.36. The zero-order valence-electron chi connectivity index (χ0n) is 17.8. The summed E-state index contributed by atoms with van der Waals surface area (Å²) in [5.41, 5.74) is 0.293. The quantitative estimate of drug-likeness (QED) is 0.353. The molecule has 2 rings (SSSR count). The van der Waals surface area contributed by atoms with Gasteiger partial charge < -0.3 is 26.0 Å². The Labute approximate surface area is 162 Å². The van der Waals surface area contributed by atoms with E-state index in [0.717, 1.165) is 6.54 Å². The highest BCUT2D eigenvalue weighted by atomic mass is 16.3. The second kappa shape index (κ2) is 7.85. The van der Waals surface area contributed by atoms with Gasteiger partial charge >= 0.3 is 0 Å². The van der Waals surface area contributed by atoms with Crippen LogP contribution >= 0.6 is 0 Å². The molecule has 0 amide bonds. The van der Waals surface area contributed by atoms with Gasteiger partial charge in [-0.25, -0.2) is 9.98 Å². The fourth-order valence-electron chi connectivity index (χ4n) is 2.64. The van der Waals surface area contributed by atoms with E-state index in [1.54, 1.807) is 6.34 Å². The third-order valence-corrected chi connectivity index (χ3v) is 3.76. The van der Waals surface area contributed by atoms with Crippen molar-refractivity contribution in [2.24, 2.45) is 9.98 Å². The Bertz CT molecular complexity index is 706. The largest absolute Gasteiger partial charge is 0.369 e. The molecule has 9 nitrogen and oxygen atoms in total. The highest BCUT2D eigenvalue weighted by Gasteiger charge is 2.32. The lowest BCUT2D eigenvalue weighted by molar-refractivity contribution is 0.156. The molecule has 1 aliphatic heterocycles. The average Bonchev–Trinajstić information content (AvgIpc) is 2.87. The number of aliphatic hydroxyl groups excluding tert-OH is 1. The monoisotopic (exact) mass is 378 g/mol. The maximum Gasteiger partial charge on any atom is 0.228 e. The summed E-state index contributed by atoms with van der Waals surface area (Å²) in [6, 6.07) is 0.